The van der Waals surface area contributed by atoms with E-state index in [2.05, 4.69) is 0 Å². The summed E-state index contributed by atoms with van der Waals surface area (Å²) in [6.07, 6.45) is 2.23. The maximum absolute atomic E-state index is 11.5. The molecular formula is C9H16N2O3. The van der Waals surface area contributed by atoms with Crippen LogP contribution in [0, 0.1) is 0 Å². The van der Waals surface area contributed by atoms with Crippen molar-refractivity contribution >= 4 is 11.9 Å². The topological polar surface area (TPSA) is 83.6 Å². The van der Waals surface area contributed by atoms with E-state index < -0.39 is 12.0 Å². The van der Waals surface area contributed by atoms with Gasteiger partial charge >= 0.3 is 5.97 Å². The number of aliphatic carboxylic acids is 1. The molecular weight excluding hydrogens is 184 g/mol. The smallest absolute Gasteiger partial charge is 0.303 e. The van der Waals surface area contributed by atoms with Crippen molar-refractivity contribution in [2.75, 3.05) is 7.05 Å². The molecule has 5 heteroatoms. The number of carboxylic acids is 1. The molecule has 0 aliphatic heterocycles. The number of rotatable bonds is 5. The Balaban J connectivity index is 2.31. The van der Waals surface area contributed by atoms with Crippen LogP contribution in [0.5, 0.6) is 0 Å². The van der Waals surface area contributed by atoms with Crippen molar-refractivity contribution < 1.29 is 14.7 Å². The first-order chi connectivity index (χ1) is 6.52. The molecule has 1 aliphatic rings. The summed E-state index contributed by atoms with van der Waals surface area (Å²) in [5, 5.41) is 8.42. The van der Waals surface area contributed by atoms with Gasteiger partial charge < -0.3 is 15.7 Å². The lowest BCUT2D eigenvalue weighted by atomic mass is 10.1. The molecule has 1 aliphatic carbocycles. The summed E-state index contributed by atoms with van der Waals surface area (Å²) in [5.41, 5.74) is 5.58. The highest BCUT2D eigenvalue weighted by molar-refractivity contribution is 5.82. The number of carboxylic acid groups (broad SMARTS) is 1. The summed E-state index contributed by atoms with van der Waals surface area (Å²) in [7, 11) is 1.72. The van der Waals surface area contributed by atoms with E-state index >= 15 is 0 Å². The number of hydrogen-bond donors (Lipinski definition) is 2. The van der Waals surface area contributed by atoms with E-state index in [1.807, 2.05) is 0 Å². The summed E-state index contributed by atoms with van der Waals surface area (Å²) in [4.78, 5) is 23.4. The maximum Gasteiger partial charge on any atom is 0.303 e. The zero-order valence-corrected chi connectivity index (χ0v) is 8.27. The van der Waals surface area contributed by atoms with E-state index in [0.717, 1.165) is 12.8 Å². The van der Waals surface area contributed by atoms with Crippen LogP contribution in [0.1, 0.15) is 25.7 Å². The predicted molar refractivity (Wildman–Crippen MR) is 50.6 cm³/mol. The van der Waals surface area contributed by atoms with Crippen LogP contribution in [0.2, 0.25) is 0 Å². The van der Waals surface area contributed by atoms with Crippen LogP contribution in [0.3, 0.4) is 0 Å². The summed E-state index contributed by atoms with van der Waals surface area (Å²) in [6.45, 7) is 0. The van der Waals surface area contributed by atoms with Gasteiger partial charge in [-0.15, -0.1) is 0 Å². The fraction of sp³-hybridized carbons (Fsp3) is 0.778. The number of nitrogens with two attached hydrogens (primary N) is 1. The van der Waals surface area contributed by atoms with E-state index in [0.29, 0.717) is 6.04 Å². The first-order valence-corrected chi connectivity index (χ1v) is 4.76. The van der Waals surface area contributed by atoms with Gasteiger partial charge in [-0.2, -0.15) is 0 Å². The van der Waals surface area contributed by atoms with Gasteiger partial charge in [0.2, 0.25) is 5.91 Å². The van der Waals surface area contributed by atoms with E-state index in [1.165, 1.54) is 0 Å². The second-order valence-corrected chi connectivity index (χ2v) is 3.72. The van der Waals surface area contributed by atoms with Crippen LogP contribution in [0.25, 0.3) is 0 Å². The van der Waals surface area contributed by atoms with Crippen LogP contribution in [-0.2, 0) is 9.59 Å². The molecule has 0 saturated heterocycles. The van der Waals surface area contributed by atoms with Crippen molar-refractivity contribution in [1.29, 1.82) is 0 Å². The molecule has 1 amide bonds. The lowest BCUT2D eigenvalue weighted by molar-refractivity contribution is -0.137. The lowest BCUT2D eigenvalue weighted by Gasteiger charge is -2.20. The van der Waals surface area contributed by atoms with Crippen molar-refractivity contribution in [3.63, 3.8) is 0 Å². The third kappa shape index (κ3) is 2.99. The standard InChI is InChI=1S/C9H16N2O3/c1-11(6-2-3-6)9(14)7(10)4-5-8(12)13/h6-7H,2-5,10H2,1H3,(H,12,13). The van der Waals surface area contributed by atoms with Gasteiger partial charge in [-0.3, -0.25) is 9.59 Å². The Hall–Kier alpha value is -1.10. The van der Waals surface area contributed by atoms with Gasteiger partial charge in [0.1, 0.15) is 0 Å². The summed E-state index contributed by atoms with van der Waals surface area (Å²) in [5.74, 6) is -1.06. The minimum Gasteiger partial charge on any atom is -0.481 e. The molecule has 1 rings (SSSR count). The average molecular weight is 200 g/mol. The fourth-order valence-corrected chi connectivity index (χ4v) is 1.31. The molecule has 14 heavy (non-hydrogen) atoms. The second-order valence-electron chi connectivity index (χ2n) is 3.72. The maximum atomic E-state index is 11.5. The van der Waals surface area contributed by atoms with Crippen molar-refractivity contribution in [3.8, 4) is 0 Å². The number of nitrogens with zero attached hydrogens (tertiary/aromatic N) is 1. The highest BCUT2D eigenvalue weighted by Gasteiger charge is 2.31. The molecule has 0 aromatic heterocycles. The third-order valence-electron chi connectivity index (χ3n) is 2.43. The molecule has 1 saturated carbocycles. The first kappa shape index (κ1) is 11.0. The van der Waals surface area contributed by atoms with Gasteiger partial charge in [0.05, 0.1) is 6.04 Å². The highest BCUT2D eigenvalue weighted by atomic mass is 16.4. The summed E-state index contributed by atoms with van der Waals surface area (Å²) < 4.78 is 0. The molecule has 0 bridgehead atoms. The Labute approximate surface area is 82.9 Å². The van der Waals surface area contributed by atoms with Gasteiger partial charge in [0.25, 0.3) is 0 Å². The van der Waals surface area contributed by atoms with E-state index in [1.54, 1.807) is 11.9 Å². The SMILES string of the molecule is CN(C(=O)C(N)CCC(=O)O)C1CC1. The summed E-state index contributed by atoms with van der Waals surface area (Å²) in [6, 6.07) is -0.338. The Morgan fingerprint density at radius 1 is 1.57 bits per heavy atom. The molecule has 0 aromatic carbocycles. The highest BCUT2D eigenvalue weighted by Crippen LogP contribution is 2.25. The molecule has 0 spiro atoms. The van der Waals surface area contributed by atoms with E-state index in [4.69, 9.17) is 10.8 Å². The molecule has 1 atom stereocenters. The minimum absolute atomic E-state index is 0.0502. The molecule has 0 heterocycles. The molecule has 3 N–H and O–H groups in total. The monoisotopic (exact) mass is 200 g/mol. The zero-order chi connectivity index (χ0) is 10.7. The number of likely N-dealkylation sites (N-methyl/N-ethyl adjacent to an activating group) is 1. The van der Waals surface area contributed by atoms with Gasteiger partial charge in [0, 0.05) is 19.5 Å². The van der Waals surface area contributed by atoms with Crippen molar-refractivity contribution in [2.45, 2.75) is 37.8 Å². The Morgan fingerprint density at radius 3 is 2.57 bits per heavy atom. The lowest BCUT2D eigenvalue weighted by Crippen LogP contribution is -2.42. The predicted octanol–water partition coefficient (Wildman–Crippen LogP) is -0.201. The summed E-state index contributed by atoms with van der Waals surface area (Å²) >= 11 is 0. The number of amides is 1. The van der Waals surface area contributed by atoms with Gasteiger partial charge in [-0.1, -0.05) is 0 Å². The van der Waals surface area contributed by atoms with E-state index in [9.17, 15) is 9.59 Å². The average Bonchev–Trinajstić information content (AvgIpc) is 2.94. The molecule has 1 fully saturated rings. The number of carbonyl (C=O) groups is 2. The van der Waals surface area contributed by atoms with Crippen LogP contribution < -0.4 is 5.73 Å². The largest absolute Gasteiger partial charge is 0.481 e. The molecule has 5 nitrogen and oxygen atoms in total. The number of hydrogen-bond acceptors (Lipinski definition) is 3. The van der Waals surface area contributed by atoms with Gasteiger partial charge in [0.15, 0.2) is 0 Å². The molecule has 0 radical (unpaired) electrons. The van der Waals surface area contributed by atoms with Crippen molar-refractivity contribution in [1.82, 2.24) is 4.90 Å². The Morgan fingerprint density at radius 2 is 2.14 bits per heavy atom. The normalized spacial score (nSPS) is 17.6. The van der Waals surface area contributed by atoms with Crippen LogP contribution in [0.15, 0.2) is 0 Å². The fourth-order valence-electron chi connectivity index (χ4n) is 1.31. The molecule has 1 unspecified atom stereocenters. The van der Waals surface area contributed by atoms with Crippen LogP contribution in [0.4, 0.5) is 0 Å². The van der Waals surface area contributed by atoms with Gasteiger partial charge in [-0.05, 0) is 19.3 Å². The quantitative estimate of drug-likeness (QED) is 0.643. The Kier molecular flexibility index (Phi) is 3.46. The molecule has 0 aromatic rings. The second kappa shape index (κ2) is 4.41. The minimum atomic E-state index is -0.915. The van der Waals surface area contributed by atoms with Crippen LogP contribution in [-0.4, -0.2) is 41.0 Å². The number of carbonyl (C=O) groups excluding carboxylic acids is 1. The van der Waals surface area contributed by atoms with Crippen molar-refractivity contribution in [3.05, 3.63) is 0 Å². The van der Waals surface area contributed by atoms with E-state index in [-0.39, 0.29) is 18.7 Å². The molecule has 80 valence electrons. The zero-order valence-electron chi connectivity index (χ0n) is 8.27. The Bertz CT molecular complexity index is 238. The van der Waals surface area contributed by atoms with Crippen molar-refractivity contribution in [2.24, 2.45) is 5.73 Å². The third-order valence-corrected chi connectivity index (χ3v) is 2.43. The van der Waals surface area contributed by atoms with Gasteiger partial charge in [-0.25, -0.2) is 0 Å². The van der Waals surface area contributed by atoms with Crippen LogP contribution >= 0.6 is 0 Å². The first-order valence-electron chi connectivity index (χ1n) is 4.76.